The Morgan fingerprint density at radius 1 is 1.43 bits per heavy atom. The molecule has 1 unspecified atom stereocenters. The number of aromatic nitrogens is 1. The van der Waals surface area contributed by atoms with E-state index in [1.807, 2.05) is 15.7 Å². The number of rotatable bonds is 5. The van der Waals surface area contributed by atoms with E-state index in [0.29, 0.717) is 17.4 Å². The van der Waals surface area contributed by atoms with Crippen molar-refractivity contribution in [3.05, 3.63) is 18.0 Å². The third-order valence-electron chi connectivity index (χ3n) is 4.42. The van der Waals surface area contributed by atoms with Crippen LogP contribution < -0.4 is 5.73 Å². The van der Waals surface area contributed by atoms with Gasteiger partial charge in [0.25, 0.3) is 5.91 Å². The molecule has 1 atom stereocenters. The molecule has 118 valence electrons. The molecule has 0 aromatic carbocycles. The Morgan fingerprint density at radius 3 is 2.67 bits per heavy atom. The van der Waals surface area contributed by atoms with Crippen molar-refractivity contribution in [2.75, 3.05) is 31.9 Å². The number of likely N-dealkylation sites (N-methyl/N-ethyl adjacent to an activating group) is 1. The zero-order chi connectivity index (χ0) is 15.6. The molecule has 5 heteroatoms. The minimum absolute atomic E-state index is 0.107. The summed E-state index contributed by atoms with van der Waals surface area (Å²) in [5.41, 5.74) is 7.24. The number of likely N-dealkylation sites (tertiary alicyclic amines) is 1. The third-order valence-corrected chi connectivity index (χ3v) is 4.42. The summed E-state index contributed by atoms with van der Waals surface area (Å²) in [5.74, 6) is 0.107. The molecule has 0 spiro atoms. The third kappa shape index (κ3) is 3.23. The van der Waals surface area contributed by atoms with Crippen LogP contribution in [0.3, 0.4) is 0 Å². The lowest BCUT2D eigenvalue weighted by Gasteiger charge is -2.26. The Bertz CT molecular complexity index is 490. The van der Waals surface area contributed by atoms with Crippen molar-refractivity contribution in [3.63, 3.8) is 0 Å². The quantitative estimate of drug-likeness (QED) is 0.905. The molecule has 1 aliphatic heterocycles. The highest BCUT2D eigenvalue weighted by Crippen LogP contribution is 2.22. The van der Waals surface area contributed by atoms with Crippen molar-refractivity contribution in [1.82, 2.24) is 14.4 Å². The average molecular weight is 292 g/mol. The van der Waals surface area contributed by atoms with E-state index in [4.69, 9.17) is 5.73 Å². The van der Waals surface area contributed by atoms with Gasteiger partial charge in [-0.25, -0.2) is 0 Å². The first-order valence-corrected chi connectivity index (χ1v) is 7.98. The normalized spacial score (nSPS) is 19.0. The molecule has 0 radical (unpaired) electrons. The number of carbonyl (C=O) groups excluding carboxylic acids is 1. The van der Waals surface area contributed by atoms with Crippen LogP contribution in [0.15, 0.2) is 12.3 Å². The highest BCUT2D eigenvalue weighted by atomic mass is 16.2. The van der Waals surface area contributed by atoms with Gasteiger partial charge in [-0.15, -0.1) is 0 Å². The molecule has 1 aromatic rings. The van der Waals surface area contributed by atoms with Crippen LogP contribution in [0, 0.1) is 0 Å². The highest BCUT2D eigenvalue weighted by Gasteiger charge is 2.31. The van der Waals surface area contributed by atoms with Gasteiger partial charge in [0.15, 0.2) is 0 Å². The van der Waals surface area contributed by atoms with Crippen molar-refractivity contribution in [2.45, 2.75) is 46.2 Å². The van der Waals surface area contributed by atoms with Gasteiger partial charge in [-0.05, 0) is 39.4 Å². The van der Waals surface area contributed by atoms with Gasteiger partial charge in [-0.1, -0.05) is 13.8 Å². The summed E-state index contributed by atoms with van der Waals surface area (Å²) < 4.78 is 1.97. The first kappa shape index (κ1) is 15.9. The molecule has 1 aromatic heterocycles. The fraction of sp³-hybridized carbons (Fsp3) is 0.688. The maximum Gasteiger partial charge on any atom is 0.270 e. The number of nitrogens with zero attached hydrogens (tertiary/aromatic N) is 3. The second-order valence-corrected chi connectivity index (χ2v) is 6.07. The fourth-order valence-electron chi connectivity index (χ4n) is 3.23. The van der Waals surface area contributed by atoms with E-state index in [9.17, 15) is 4.79 Å². The number of anilines is 1. The monoisotopic (exact) mass is 292 g/mol. The van der Waals surface area contributed by atoms with Crippen molar-refractivity contribution >= 4 is 11.6 Å². The van der Waals surface area contributed by atoms with E-state index >= 15 is 0 Å². The molecule has 5 nitrogen and oxygen atoms in total. The number of amides is 1. The van der Waals surface area contributed by atoms with Gasteiger partial charge in [0.1, 0.15) is 5.69 Å². The maximum atomic E-state index is 12.8. The zero-order valence-electron chi connectivity index (χ0n) is 13.7. The van der Waals surface area contributed by atoms with Gasteiger partial charge >= 0.3 is 0 Å². The molecule has 0 aliphatic carbocycles. The molecule has 1 saturated heterocycles. The number of hydrogen-bond acceptors (Lipinski definition) is 3. The standard InChI is InChI=1S/C16H28N4O/c1-5-18(6-2)14-7-8-19(11-14)16(21)15-9-13(17)10-20(15)12(3)4/h9-10,12,14H,5-8,11,17H2,1-4H3. The van der Waals surface area contributed by atoms with E-state index in [0.717, 1.165) is 32.6 Å². The Balaban J connectivity index is 2.12. The molecule has 1 fully saturated rings. The lowest BCUT2D eigenvalue weighted by molar-refractivity contribution is 0.0765. The van der Waals surface area contributed by atoms with Crippen LogP contribution in [0.2, 0.25) is 0 Å². The first-order chi connectivity index (χ1) is 9.97. The van der Waals surface area contributed by atoms with E-state index < -0.39 is 0 Å². The van der Waals surface area contributed by atoms with Crippen molar-refractivity contribution in [2.24, 2.45) is 0 Å². The Morgan fingerprint density at radius 2 is 2.10 bits per heavy atom. The first-order valence-electron chi connectivity index (χ1n) is 7.98. The van der Waals surface area contributed by atoms with Gasteiger partial charge in [0.05, 0.1) is 5.69 Å². The number of nitrogen functional groups attached to an aromatic ring is 1. The molecule has 0 saturated carbocycles. The Kier molecular flexibility index (Phi) is 4.93. The van der Waals surface area contributed by atoms with Crippen LogP contribution in [0.1, 0.15) is 50.6 Å². The lowest BCUT2D eigenvalue weighted by atomic mass is 10.2. The molecule has 1 aliphatic rings. The molecule has 2 N–H and O–H groups in total. The molecule has 21 heavy (non-hydrogen) atoms. The van der Waals surface area contributed by atoms with Crippen LogP contribution in [0.25, 0.3) is 0 Å². The van der Waals surface area contributed by atoms with Crippen LogP contribution in [0.5, 0.6) is 0 Å². The van der Waals surface area contributed by atoms with E-state index in [-0.39, 0.29) is 11.9 Å². The number of nitrogens with two attached hydrogens (primary N) is 1. The Labute approximate surface area is 127 Å². The molecular formula is C16H28N4O. The largest absolute Gasteiger partial charge is 0.397 e. The van der Waals surface area contributed by atoms with Crippen molar-refractivity contribution in [3.8, 4) is 0 Å². The summed E-state index contributed by atoms with van der Waals surface area (Å²) in [6.07, 6.45) is 2.92. The minimum Gasteiger partial charge on any atom is -0.397 e. The predicted molar refractivity (Wildman–Crippen MR) is 86.5 cm³/mol. The molecule has 0 bridgehead atoms. The summed E-state index contributed by atoms with van der Waals surface area (Å²) in [7, 11) is 0. The second kappa shape index (κ2) is 6.52. The summed E-state index contributed by atoms with van der Waals surface area (Å²) in [6.45, 7) is 12.2. The molecule has 2 rings (SSSR count). The van der Waals surface area contributed by atoms with Crippen LogP contribution in [0.4, 0.5) is 5.69 Å². The predicted octanol–water partition coefficient (Wildman–Crippen LogP) is 2.21. The van der Waals surface area contributed by atoms with E-state index in [2.05, 4.69) is 32.6 Å². The van der Waals surface area contributed by atoms with Crippen molar-refractivity contribution in [1.29, 1.82) is 0 Å². The number of hydrogen-bond donors (Lipinski definition) is 1. The zero-order valence-corrected chi connectivity index (χ0v) is 13.7. The smallest absolute Gasteiger partial charge is 0.270 e. The average Bonchev–Trinajstić information content (AvgIpc) is 3.06. The van der Waals surface area contributed by atoms with Gasteiger partial charge in [0, 0.05) is 31.4 Å². The SMILES string of the molecule is CCN(CC)C1CCN(C(=O)c2cc(N)cn2C(C)C)C1. The summed E-state index contributed by atoms with van der Waals surface area (Å²) in [5, 5.41) is 0. The van der Waals surface area contributed by atoms with E-state index in [1.54, 1.807) is 6.07 Å². The second-order valence-electron chi connectivity index (χ2n) is 6.07. The van der Waals surface area contributed by atoms with Gasteiger partial charge in [-0.3, -0.25) is 9.69 Å². The summed E-state index contributed by atoms with van der Waals surface area (Å²) >= 11 is 0. The highest BCUT2D eigenvalue weighted by molar-refractivity contribution is 5.94. The fourth-order valence-corrected chi connectivity index (χ4v) is 3.23. The van der Waals surface area contributed by atoms with Gasteiger partial charge in [-0.2, -0.15) is 0 Å². The van der Waals surface area contributed by atoms with E-state index in [1.165, 1.54) is 0 Å². The van der Waals surface area contributed by atoms with Gasteiger partial charge < -0.3 is 15.2 Å². The molecule has 1 amide bonds. The number of carbonyl (C=O) groups is 1. The lowest BCUT2D eigenvalue weighted by Crippen LogP contribution is -2.39. The Hall–Kier alpha value is -1.49. The van der Waals surface area contributed by atoms with Crippen molar-refractivity contribution < 1.29 is 4.79 Å². The molecular weight excluding hydrogens is 264 g/mol. The maximum absolute atomic E-state index is 12.8. The van der Waals surface area contributed by atoms with Gasteiger partial charge in [0.2, 0.25) is 0 Å². The summed E-state index contributed by atoms with van der Waals surface area (Å²) in [4.78, 5) is 17.2. The van der Waals surface area contributed by atoms with Crippen LogP contribution >= 0.6 is 0 Å². The molecule has 2 heterocycles. The topological polar surface area (TPSA) is 54.5 Å². The summed E-state index contributed by atoms with van der Waals surface area (Å²) in [6, 6.07) is 2.53. The van der Waals surface area contributed by atoms with Crippen LogP contribution in [-0.4, -0.2) is 52.5 Å². The van der Waals surface area contributed by atoms with Crippen LogP contribution in [-0.2, 0) is 0 Å². The minimum atomic E-state index is 0.107.